The van der Waals surface area contributed by atoms with Crippen molar-refractivity contribution >= 4 is 27.0 Å². The van der Waals surface area contributed by atoms with E-state index in [1.54, 1.807) is 0 Å². The first-order valence-electron chi connectivity index (χ1n) is 6.86. The second-order valence-electron chi connectivity index (χ2n) is 5.21. The van der Waals surface area contributed by atoms with Crippen LogP contribution in [0, 0.1) is 0 Å². The summed E-state index contributed by atoms with van der Waals surface area (Å²) in [7, 11) is 0. The van der Waals surface area contributed by atoms with Gasteiger partial charge in [0.2, 0.25) is 0 Å². The van der Waals surface area contributed by atoms with Gasteiger partial charge >= 0.3 is 0 Å². The van der Waals surface area contributed by atoms with Gasteiger partial charge in [-0.25, -0.2) is 4.98 Å². The van der Waals surface area contributed by atoms with Crippen LogP contribution >= 0.6 is 15.9 Å². The van der Waals surface area contributed by atoms with Gasteiger partial charge in [0.1, 0.15) is 5.52 Å². The standard InChI is InChI=1S/C15H18BrNO/c1-2-5-10-8-12(16)14-13(9-10)17-15(18-14)11-6-3-4-7-11/h8-9,11H,2-7H2,1H3. The van der Waals surface area contributed by atoms with Crippen molar-refractivity contribution in [2.24, 2.45) is 0 Å². The van der Waals surface area contributed by atoms with E-state index in [-0.39, 0.29) is 0 Å². The predicted octanol–water partition coefficient (Wildman–Crippen LogP) is 5.20. The quantitative estimate of drug-likeness (QED) is 0.779. The van der Waals surface area contributed by atoms with E-state index in [0.717, 1.165) is 34.3 Å². The molecule has 3 heteroatoms. The molecular weight excluding hydrogens is 290 g/mol. The molecule has 0 aliphatic heterocycles. The molecule has 1 saturated carbocycles. The molecule has 0 unspecified atom stereocenters. The van der Waals surface area contributed by atoms with Crippen molar-refractivity contribution in [1.82, 2.24) is 4.98 Å². The second-order valence-corrected chi connectivity index (χ2v) is 6.06. The molecule has 3 rings (SSSR count). The van der Waals surface area contributed by atoms with Gasteiger partial charge in [0.05, 0.1) is 4.47 Å². The number of aromatic nitrogens is 1. The lowest BCUT2D eigenvalue weighted by atomic mass is 10.1. The second kappa shape index (κ2) is 5.04. The smallest absolute Gasteiger partial charge is 0.198 e. The maximum absolute atomic E-state index is 5.96. The fourth-order valence-corrected chi connectivity index (χ4v) is 3.42. The van der Waals surface area contributed by atoms with E-state index in [0.29, 0.717) is 5.92 Å². The molecule has 1 aromatic heterocycles. The molecule has 1 aliphatic rings. The maximum atomic E-state index is 5.96. The first kappa shape index (κ1) is 12.2. The molecule has 0 saturated heterocycles. The summed E-state index contributed by atoms with van der Waals surface area (Å²) in [4.78, 5) is 4.70. The van der Waals surface area contributed by atoms with Gasteiger partial charge in [-0.3, -0.25) is 0 Å². The minimum atomic E-state index is 0.541. The largest absolute Gasteiger partial charge is 0.439 e. The van der Waals surface area contributed by atoms with Crippen LogP contribution < -0.4 is 0 Å². The third kappa shape index (κ3) is 2.20. The fourth-order valence-electron chi connectivity index (χ4n) is 2.84. The molecule has 0 spiro atoms. The Morgan fingerprint density at radius 3 is 2.83 bits per heavy atom. The number of benzene rings is 1. The first-order valence-corrected chi connectivity index (χ1v) is 7.66. The average molecular weight is 308 g/mol. The van der Waals surface area contributed by atoms with E-state index in [4.69, 9.17) is 9.40 Å². The molecule has 0 bridgehead atoms. The molecule has 96 valence electrons. The number of nitrogens with zero attached hydrogens (tertiary/aromatic N) is 1. The summed E-state index contributed by atoms with van der Waals surface area (Å²) in [5.41, 5.74) is 3.26. The van der Waals surface area contributed by atoms with Crippen LogP contribution in [0.5, 0.6) is 0 Å². The van der Waals surface area contributed by atoms with E-state index >= 15 is 0 Å². The Hall–Kier alpha value is -0.830. The normalized spacial score (nSPS) is 16.8. The molecule has 1 fully saturated rings. The molecule has 0 radical (unpaired) electrons. The van der Waals surface area contributed by atoms with E-state index in [2.05, 4.69) is 35.0 Å². The van der Waals surface area contributed by atoms with Crippen LogP contribution in [0.3, 0.4) is 0 Å². The number of aryl methyl sites for hydroxylation is 1. The van der Waals surface area contributed by atoms with Gasteiger partial charge in [-0.1, -0.05) is 26.2 Å². The molecule has 2 aromatic rings. The van der Waals surface area contributed by atoms with Crippen molar-refractivity contribution in [2.45, 2.75) is 51.4 Å². The van der Waals surface area contributed by atoms with Gasteiger partial charge in [0.25, 0.3) is 0 Å². The summed E-state index contributed by atoms with van der Waals surface area (Å²) in [6, 6.07) is 4.33. The van der Waals surface area contributed by atoms with Crippen LogP contribution in [0.15, 0.2) is 21.0 Å². The molecular formula is C15H18BrNO. The highest BCUT2D eigenvalue weighted by Gasteiger charge is 2.23. The van der Waals surface area contributed by atoms with Crippen LogP contribution in [0.25, 0.3) is 11.1 Å². The number of fused-ring (bicyclic) bond motifs is 1. The van der Waals surface area contributed by atoms with E-state index in [1.165, 1.54) is 31.2 Å². The lowest BCUT2D eigenvalue weighted by Crippen LogP contribution is -1.91. The molecule has 2 nitrogen and oxygen atoms in total. The lowest BCUT2D eigenvalue weighted by Gasteiger charge is -2.00. The Bertz CT molecular complexity index is 555. The predicted molar refractivity (Wildman–Crippen MR) is 76.9 cm³/mol. The Kier molecular flexibility index (Phi) is 3.42. The number of rotatable bonds is 3. The number of hydrogen-bond donors (Lipinski definition) is 0. The summed E-state index contributed by atoms with van der Waals surface area (Å²) >= 11 is 3.61. The molecule has 0 atom stereocenters. The Balaban J connectivity index is 2.02. The van der Waals surface area contributed by atoms with Crippen LogP contribution in [-0.2, 0) is 6.42 Å². The summed E-state index contributed by atoms with van der Waals surface area (Å²) in [5.74, 6) is 1.48. The van der Waals surface area contributed by atoms with Crippen LogP contribution in [0.1, 0.15) is 56.4 Å². The van der Waals surface area contributed by atoms with Crippen LogP contribution in [-0.4, -0.2) is 4.98 Å². The first-order chi connectivity index (χ1) is 8.78. The lowest BCUT2D eigenvalue weighted by molar-refractivity contribution is 0.473. The third-order valence-electron chi connectivity index (χ3n) is 3.76. The van der Waals surface area contributed by atoms with Crippen molar-refractivity contribution in [3.63, 3.8) is 0 Å². The van der Waals surface area contributed by atoms with E-state index in [1.807, 2.05) is 0 Å². The van der Waals surface area contributed by atoms with Gasteiger partial charge in [0.15, 0.2) is 11.5 Å². The average Bonchev–Trinajstić information content (AvgIpc) is 2.97. The summed E-state index contributed by atoms with van der Waals surface area (Å²) < 4.78 is 7.00. The summed E-state index contributed by atoms with van der Waals surface area (Å²) in [6.45, 7) is 2.20. The molecule has 1 aliphatic carbocycles. The fraction of sp³-hybridized carbons (Fsp3) is 0.533. The Morgan fingerprint density at radius 1 is 1.33 bits per heavy atom. The third-order valence-corrected chi connectivity index (χ3v) is 4.35. The van der Waals surface area contributed by atoms with Gasteiger partial charge in [-0.15, -0.1) is 0 Å². The van der Waals surface area contributed by atoms with Crippen LogP contribution in [0.2, 0.25) is 0 Å². The highest BCUT2D eigenvalue weighted by molar-refractivity contribution is 9.10. The topological polar surface area (TPSA) is 26.0 Å². The number of oxazole rings is 1. The van der Waals surface area contributed by atoms with Crippen LogP contribution in [0.4, 0.5) is 0 Å². The Labute approximate surface area is 116 Å². The van der Waals surface area contributed by atoms with Crippen molar-refractivity contribution in [1.29, 1.82) is 0 Å². The number of hydrogen-bond acceptors (Lipinski definition) is 2. The van der Waals surface area contributed by atoms with Crippen molar-refractivity contribution in [3.05, 3.63) is 28.1 Å². The summed E-state index contributed by atoms with van der Waals surface area (Å²) in [6.07, 6.45) is 7.33. The highest BCUT2D eigenvalue weighted by atomic mass is 79.9. The van der Waals surface area contributed by atoms with Gasteiger partial charge in [-0.2, -0.15) is 0 Å². The van der Waals surface area contributed by atoms with Gasteiger partial charge in [0, 0.05) is 5.92 Å². The minimum Gasteiger partial charge on any atom is -0.439 e. The SMILES string of the molecule is CCCc1cc(Br)c2oc(C3CCCC3)nc2c1. The highest BCUT2D eigenvalue weighted by Crippen LogP contribution is 2.36. The number of halogens is 1. The van der Waals surface area contributed by atoms with Gasteiger partial charge in [-0.05, 0) is 52.9 Å². The van der Waals surface area contributed by atoms with E-state index < -0.39 is 0 Å². The monoisotopic (exact) mass is 307 g/mol. The molecule has 18 heavy (non-hydrogen) atoms. The molecule has 0 N–H and O–H groups in total. The van der Waals surface area contributed by atoms with Crippen molar-refractivity contribution in [2.75, 3.05) is 0 Å². The Morgan fingerprint density at radius 2 is 2.11 bits per heavy atom. The molecule has 0 amide bonds. The summed E-state index contributed by atoms with van der Waals surface area (Å²) in [5, 5.41) is 0. The molecule has 1 heterocycles. The zero-order valence-electron chi connectivity index (χ0n) is 10.7. The maximum Gasteiger partial charge on any atom is 0.198 e. The zero-order chi connectivity index (χ0) is 12.5. The van der Waals surface area contributed by atoms with Crippen molar-refractivity contribution in [3.8, 4) is 0 Å². The minimum absolute atomic E-state index is 0.541. The van der Waals surface area contributed by atoms with E-state index in [9.17, 15) is 0 Å². The molecule has 1 aromatic carbocycles. The van der Waals surface area contributed by atoms with Crippen molar-refractivity contribution < 1.29 is 4.42 Å². The zero-order valence-corrected chi connectivity index (χ0v) is 12.3. The van der Waals surface area contributed by atoms with Gasteiger partial charge < -0.3 is 4.42 Å².